The van der Waals surface area contributed by atoms with Crippen molar-refractivity contribution in [1.29, 1.82) is 0 Å². The summed E-state index contributed by atoms with van der Waals surface area (Å²) in [5.74, 6) is 0.115. The zero-order valence-corrected chi connectivity index (χ0v) is 8.90. The Morgan fingerprint density at radius 1 is 1.46 bits per heavy atom. The molecule has 1 aliphatic rings. The van der Waals surface area contributed by atoms with Gasteiger partial charge in [0, 0.05) is 0 Å². The van der Waals surface area contributed by atoms with Crippen LogP contribution in [0.4, 0.5) is 4.39 Å². The molecule has 0 amide bonds. The molecule has 2 rings (SSSR count). The lowest BCUT2D eigenvalue weighted by atomic mass is 10.2. The molecule has 0 aromatic heterocycles. The minimum atomic E-state index is -0.249. The zero-order valence-electron chi connectivity index (χ0n) is 7.31. The van der Waals surface area contributed by atoms with E-state index in [1.54, 1.807) is 13.0 Å². The molecule has 70 valence electrons. The third-order valence-electron chi connectivity index (χ3n) is 2.05. The van der Waals surface area contributed by atoms with E-state index in [2.05, 4.69) is 15.9 Å². The van der Waals surface area contributed by atoms with Crippen LogP contribution in [0.25, 0.3) is 0 Å². The highest BCUT2D eigenvalue weighted by molar-refractivity contribution is 9.10. The van der Waals surface area contributed by atoms with Crippen LogP contribution in [0, 0.1) is 12.7 Å². The Labute approximate surface area is 85.0 Å². The first-order valence-corrected chi connectivity index (χ1v) is 5.09. The average Bonchev–Trinajstić information content (AvgIpc) is 2.89. The molecule has 13 heavy (non-hydrogen) atoms. The summed E-state index contributed by atoms with van der Waals surface area (Å²) in [5, 5.41) is 0. The highest BCUT2D eigenvalue weighted by Gasteiger charge is 2.26. The molecule has 0 radical (unpaired) electrons. The molecule has 1 aliphatic carbocycles. The number of benzene rings is 1. The molecule has 0 atom stereocenters. The SMILES string of the molecule is Cc1ccc(Br)c(OC2CC2)c1F. The van der Waals surface area contributed by atoms with Gasteiger partial charge in [-0.2, -0.15) is 0 Å². The first-order valence-electron chi connectivity index (χ1n) is 4.29. The molecule has 0 spiro atoms. The van der Waals surface area contributed by atoms with Gasteiger partial charge < -0.3 is 4.74 Å². The van der Waals surface area contributed by atoms with Crippen LogP contribution in [0.2, 0.25) is 0 Å². The molecule has 1 aromatic carbocycles. The van der Waals surface area contributed by atoms with Crippen LogP contribution in [-0.4, -0.2) is 6.10 Å². The van der Waals surface area contributed by atoms with E-state index in [0.717, 1.165) is 12.8 Å². The third kappa shape index (κ3) is 1.85. The molecule has 0 aliphatic heterocycles. The zero-order chi connectivity index (χ0) is 9.42. The third-order valence-corrected chi connectivity index (χ3v) is 2.68. The molecule has 0 bridgehead atoms. The number of rotatable bonds is 2. The first-order chi connectivity index (χ1) is 6.18. The molecule has 1 nitrogen and oxygen atoms in total. The summed E-state index contributed by atoms with van der Waals surface area (Å²) in [6, 6.07) is 3.55. The maximum Gasteiger partial charge on any atom is 0.169 e. The smallest absolute Gasteiger partial charge is 0.169 e. The standard InChI is InChI=1S/C10H10BrFO/c1-6-2-5-8(11)10(9(6)12)13-7-3-4-7/h2,5,7H,3-4H2,1H3. The van der Waals surface area contributed by atoms with Crippen molar-refractivity contribution in [3.8, 4) is 5.75 Å². The summed E-state index contributed by atoms with van der Waals surface area (Å²) in [6.07, 6.45) is 2.31. The Morgan fingerprint density at radius 3 is 2.77 bits per heavy atom. The van der Waals surface area contributed by atoms with E-state index < -0.39 is 0 Å². The molecule has 1 fully saturated rings. The summed E-state index contributed by atoms with van der Waals surface area (Å²) < 4.78 is 19.6. The summed E-state index contributed by atoms with van der Waals surface area (Å²) in [6.45, 7) is 1.74. The van der Waals surface area contributed by atoms with Crippen molar-refractivity contribution in [3.05, 3.63) is 28.0 Å². The van der Waals surface area contributed by atoms with E-state index in [9.17, 15) is 4.39 Å². The lowest BCUT2D eigenvalue weighted by Gasteiger charge is -2.09. The van der Waals surface area contributed by atoms with Gasteiger partial charge in [-0.1, -0.05) is 6.07 Å². The monoisotopic (exact) mass is 244 g/mol. The Hall–Kier alpha value is -0.570. The minimum Gasteiger partial charge on any atom is -0.486 e. The lowest BCUT2D eigenvalue weighted by molar-refractivity contribution is 0.285. The van der Waals surface area contributed by atoms with E-state index in [-0.39, 0.29) is 11.9 Å². The molecule has 1 aromatic rings. The van der Waals surface area contributed by atoms with E-state index in [4.69, 9.17) is 4.74 Å². The summed E-state index contributed by atoms with van der Waals surface area (Å²) in [4.78, 5) is 0. The van der Waals surface area contributed by atoms with Gasteiger partial charge in [-0.25, -0.2) is 4.39 Å². The van der Waals surface area contributed by atoms with Gasteiger partial charge in [0.25, 0.3) is 0 Å². The van der Waals surface area contributed by atoms with Gasteiger partial charge in [-0.05, 0) is 47.3 Å². The number of hydrogen-bond acceptors (Lipinski definition) is 1. The second kappa shape index (κ2) is 3.29. The van der Waals surface area contributed by atoms with Crippen molar-refractivity contribution in [1.82, 2.24) is 0 Å². The molecular formula is C10H10BrFO. The average molecular weight is 245 g/mol. The van der Waals surface area contributed by atoms with Gasteiger partial charge in [-0.3, -0.25) is 0 Å². The maximum atomic E-state index is 13.5. The van der Waals surface area contributed by atoms with E-state index in [1.165, 1.54) is 0 Å². The van der Waals surface area contributed by atoms with Gasteiger partial charge in [-0.15, -0.1) is 0 Å². The van der Waals surface area contributed by atoms with E-state index >= 15 is 0 Å². The van der Waals surface area contributed by atoms with Gasteiger partial charge >= 0.3 is 0 Å². The van der Waals surface area contributed by atoms with Crippen molar-refractivity contribution < 1.29 is 9.13 Å². The molecule has 0 heterocycles. The van der Waals surface area contributed by atoms with Crippen molar-refractivity contribution in [2.45, 2.75) is 25.9 Å². The Kier molecular flexibility index (Phi) is 2.28. The van der Waals surface area contributed by atoms with E-state index in [1.807, 2.05) is 6.07 Å². The van der Waals surface area contributed by atoms with Crippen LogP contribution in [0.1, 0.15) is 18.4 Å². The van der Waals surface area contributed by atoms with Crippen LogP contribution in [0.15, 0.2) is 16.6 Å². The van der Waals surface area contributed by atoms with Gasteiger partial charge in [0.2, 0.25) is 0 Å². The Morgan fingerprint density at radius 2 is 2.15 bits per heavy atom. The van der Waals surface area contributed by atoms with Crippen LogP contribution >= 0.6 is 15.9 Å². The van der Waals surface area contributed by atoms with Crippen LogP contribution < -0.4 is 4.74 Å². The van der Waals surface area contributed by atoms with Gasteiger partial charge in [0.1, 0.15) is 0 Å². The lowest BCUT2D eigenvalue weighted by Crippen LogP contribution is -2.00. The second-order valence-electron chi connectivity index (χ2n) is 3.32. The van der Waals surface area contributed by atoms with Gasteiger partial charge in [0.15, 0.2) is 11.6 Å². The Bertz CT molecular complexity index is 334. The highest BCUT2D eigenvalue weighted by Crippen LogP contribution is 2.35. The Balaban J connectivity index is 2.34. The molecule has 0 saturated heterocycles. The molecule has 0 unspecified atom stereocenters. The molecular weight excluding hydrogens is 235 g/mol. The van der Waals surface area contributed by atoms with Crippen molar-refractivity contribution in [3.63, 3.8) is 0 Å². The quantitative estimate of drug-likeness (QED) is 0.775. The number of hydrogen-bond donors (Lipinski definition) is 0. The fourth-order valence-corrected chi connectivity index (χ4v) is 1.49. The van der Waals surface area contributed by atoms with Crippen molar-refractivity contribution in [2.75, 3.05) is 0 Å². The fraction of sp³-hybridized carbons (Fsp3) is 0.400. The van der Waals surface area contributed by atoms with Crippen LogP contribution in [-0.2, 0) is 0 Å². The summed E-state index contributed by atoms with van der Waals surface area (Å²) in [7, 11) is 0. The first kappa shape index (κ1) is 9.00. The topological polar surface area (TPSA) is 9.23 Å². The summed E-state index contributed by atoms with van der Waals surface area (Å²) >= 11 is 3.27. The van der Waals surface area contributed by atoms with E-state index in [0.29, 0.717) is 15.8 Å². The second-order valence-corrected chi connectivity index (χ2v) is 4.18. The van der Waals surface area contributed by atoms with Crippen LogP contribution in [0.5, 0.6) is 5.75 Å². The molecule has 0 N–H and O–H groups in total. The fourth-order valence-electron chi connectivity index (χ4n) is 1.09. The highest BCUT2D eigenvalue weighted by atomic mass is 79.9. The molecule has 1 saturated carbocycles. The predicted octanol–water partition coefficient (Wildman–Crippen LogP) is 3.44. The normalized spacial score (nSPS) is 15.9. The maximum absolute atomic E-state index is 13.5. The van der Waals surface area contributed by atoms with Gasteiger partial charge in [0.05, 0.1) is 10.6 Å². The molecule has 3 heteroatoms. The van der Waals surface area contributed by atoms with Crippen molar-refractivity contribution >= 4 is 15.9 Å². The van der Waals surface area contributed by atoms with Crippen LogP contribution in [0.3, 0.4) is 0 Å². The van der Waals surface area contributed by atoms with Crippen molar-refractivity contribution in [2.24, 2.45) is 0 Å². The largest absolute Gasteiger partial charge is 0.486 e. The minimum absolute atomic E-state index is 0.229. The number of ether oxygens (including phenoxy) is 1. The number of aryl methyl sites for hydroxylation is 1. The predicted molar refractivity (Wildman–Crippen MR) is 52.5 cm³/mol. The summed E-state index contributed by atoms with van der Waals surface area (Å²) in [5.41, 5.74) is 0.624. The number of halogens is 2.